The Hall–Kier alpha value is -2.83. The topological polar surface area (TPSA) is 99.2 Å². The van der Waals surface area contributed by atoms with Gasteiger partial charge in [0.1, 0.15) is 12.3 Å². The van der Waals surface area contributed by atoms with E-state index < -0.39 is 0 Å². The highest BCUT2D eigenvalue weighted by molar-refractivity contribution is 5.76. The van der Waals surface area contributed by atoms with Crippen LogP contribution < -0.4 is 21.3 Å². The number of nitrogens with two attached hydrogens (primary N) is 1. The van der Waals surface area contributed by atoms with Gasteiger partial charge in [-0.3, -0.25) is 14.2 Å². The fourth-order valence-electron chi connectivity index (χ4n) is 2.16. The highest BCUT2D eigenvalue weighted by atomic mass is 16.5. The van der Waals surface area contributed by atoms with Crippen LogP contribution in [-0.4, -0.2) is 22.6 Å². The molecule has 0 saturated carbocycles. The molecule has 7 nitrogen and oxygen atoms in total. The summed E-state index contributed by atoms with van der Waals surface area (Å²) in [6.45, 7) is 2.01. The summed E-state index contributed by atoms with van der Waals surface area (Å²) in [7, 11) is 1.57. The molecule has 0 bridgehead atoms. The number of nitrogens with zero attached hydrogens (tertiary/aromatic N) is 2. The van der Waals surface area contributed by atoms with Crippen LogP contribution in [0.1, 0.15) is 18.2 Å². The maximum absolute atomic E-state index is 12.0. The van der Waals surface area contributed by atoms with Crippen LogP contribution in [0, 0.1) is 0 Å². The van der Waals surface area contributed by atoms with Crippen LogP contribution in [0.25, 0.3) is 0 Å². The minimum Gasteiger partial charge on any atom is -0.496 e. The largest absolute Gasteiger partial charge is 0.496 e. The predicted molar refractivity (Wildman–Crippen MR) is 87.1 cm³/mol. The number of benzene rings is 1. The van der Waals surface area contributed by atoms with Crippen molar-refractivity contribution >= 4 is 11.9 Å². The molecular formula is C16H20N4O3. The molecule has 1 heterocycles. The van der Waals surface area contributed by atoms with Crippen molar-refractivity contribution in [3.05, 3.63) is 51.9 Å². The number of para-hydroxylation sites is 1. The summed E-state index contributed by atoms with van der Waals surface area (Å²) < 4.78 is 6.37. The fraction of sp³-hybridized carbons (Fsp3) is 0.312. The van der Waals surface area contributed by atoms with E-state index in [0.717, 1.165) is 10.1 Å². The van der Waals surface area contributed by atoms with Crippen LogP contribution >= 0.6 is 0 Å². The second-order valence-electron chi connectivity index (χ2n) is 4.97. The van der Waals surface area contributed by atoms with Crippen LogP contribution in [0.3, 0.4) is 0 Å². The Balaban J connectivity index is 2.04. The van der Waals surface area contributed by atoms with E-state index in [-0.39, 0.29) is 24.0 Å². The molecule has 122 valence electrons. The first kappa shape index (κ1) is 16.5. The molecule has 0 radical (unpaired) electrons. The van der Waals surface area contributed by atoms with Gasteiger partial charge in [0.05, 0.1) is 7.11 Å². The van der Waals surface area contributed by atoms with E-state index in [1.54, 1.807) is 7.11 Å². The van der Waals surface area contributed by atoms with E-state index in [1.807, 2.05) is 31.2 Å². The molecule has 0 aliphatic rings. The van der Waals surface area contributed by atoms with Gasteiger partial charge in [0, 0.05) is 23.9 Å². The summed E-state index contributed by atoms with van der Waals surface area (Å²) >= 11 is 0. The second-order valence-corrected chi connectivity index (χ2v) is 4.97. The number of hydrogen-bond acceptors (Lipinski definition) is 5. The SMILES string of the molecule is CCc1cc(=O)n(CC(=O)NCc2ccccc2OC)c(N)n1. The van der Waals surface area contributed by atoms with Crippen LogP contribution in [0.15, 0.2) is 35.1 Å². The summed E-state index contributed by atoms with van der Waals surface area (Å²) in [4.78, 5) is 28.1. The molecule has 23 heavy (non-hydrogen) atoms. The molecule has 0 atom stereocenters. The van der Waals surface area contributed by atoms with Gasteiger partial charge in [0.2, 0.25) is 11.9 Å². The third-order valence-electron chi connectivity index (χ3n) is 3.42. The predicted octanol–water partition coefficient (Wildman–Crippen LogP) is 0.713. The second kappa shape index (κ2) is 7.44. The van der Waals surface area contributed by atoms with E-state index in [1.165, 1.54) is 6.07 Å². The van der Waals surface area contributed by atoms with Crippen molar-refractivity contribution in [2.24, 2.45) is 0 Å². The Labute approximate surface area is 134 Å². The summed E-state index contributed by atoms with van der Waals surface area (Å²) in [6.07, 6.45) is 0.611. The molecule has 2 aromatic rings. The highest BCUT2D eigenvalue weighted by Gasteiger charge is 2.10. The van der Waals surface area contributed by atoms with Crippen molar-refractivity contribution in [2.75, 3.05) is 12.8 Å². The number of carbonyl (C=O) groups excluding carboxylic acids is 1. The number of carbonyl (C=O) groups is 1. The van der Waals surface area contributed by atoms with Crippen molar-refractivity contribution in [1.82, 2.24) is 14.9 Å². The van der Waals surface area contributed by atoms with E-state index >= 15 is 0 Å². The van der Waals surface area contributed by atoms with Gasteiger partial charge in [-0.1, -0.05) is 25.1 Å². The van der Waals surface area contributed by atoms with Gasteiger partial charge in [0.15, 0.2) is 0 Å². The maximum Gasteiger partial charge on any atom is 0.255 e. The van der Waals surface area contributed by atoms with Gasteiger partial charge in [0.25, 0.3) is 5.56 Å². The number of hydrogen-bond donors (Lipinski definition) is 2. The number of ether oxygens (including phenoxy) is 1. The number of anilines is 1. The van der Waals surface area contributed by atoms with Gasteiger partial charge >= 0.3 is 0 Å². The lowest BCUT2D eigenvalue weighted by molar-refractivity contribution is -0.121. The van der Waals surface area contributed by atoms with Crippen molar-refractivity contribution in [1.29, 1.82) is 0 Å². The monoisotopic (exact) mass is 316 g/mol. The minimum atomic E-state index is -0.332. The first-order valence-corrected chi connectivity index (χ1v) is 7.30. The highest BCUT2D eigenvalue weighted by Crippen LogP contribution is 2.16. The van der Waals surface area contributed by atoms with Gasteiger partial charge < -0.3 is 15.8 Å². The Morgan fingerprint density at radius 2 is 2.13 bits per heavy atom. The van der Waals surface area contributed by atoms with Crippen molar-refractivity contribution in [3.63, 3.8) is 0 Å². The molecule has 1 aromatic heterocycles. The average molecular weight is 316 g/mol. The van der Waals surface area contributed by atoms with Crippen molar-refractivity contribution < 1.29 is 9.53 Å². The molecule has 0 unspecified atom stereocenters. The van der Waals surface area contributed by atoms with E-state index in [0.29, 0.717) is 24.4 Å². The summed E-state index contributed by atoms with van der Waals surface area (Å²) in [5.74, 6) is 0.413. The minimum absolute atomic E-state index is 0.0433. The normalized spacial score (nSPS) is 10.3. The maximum atomic E-state index is 12.0. The quantitative estimate of drug-likeness (QED) is 0.818. The van der Waals surface area contributed by atoms with Crippen molar-refractivity contribution in [3.8, 4) is 5.75 Å². The molecule has 1 amide bonds. The van der Waals surface area contributed by atoms with Gasteiger partial charge in [-0.2, -0.15) is 0 Å². The van der Waals surface area contributed by atoms with Crippen molar-refractivity contribution in [2.45, 2.75) is 26.4 Å². The molecule has 0 fully saturated rings. The number of nitrogen functional groups attached to an aromatic ring is 1. The zero-order valence-corrected chi connectivity index (χ0v) is 13.2. The number of aromatic nitrogens is 2. The molecule has 0 saturated heterocycles. The lowest BCUT2D eigenvalue weighted by atomic mass is 10.2. The van der Waals surface area contributed by atoms with Crippen LogP contribution in [0.2, 0.25) is 0 Å². The fourth-order valence-corrected chi connectivity index (χ4v) is 2.16. The van der Waals surface area contributed by atoms with E-state index in [4.69, 9.17) is 10.5 Å². The number of nitrogens with one attached hydrogen (secondary N) is 1. The number of methoxy groups -OCH3 is 1. The third-order valence-corrected chi connectivity index (χ3v) is 3.42. The number of aryl methyl sites for hydroxylation is 1. The summed E-state index contributed by atoms with van der Waals surface area (Å²) in [5, 5.41) is 2.74. The van der Waals surface area contributed by atoms with E-state index in [2.05, 4.69) is 10.3 Å². The van der Waals surface area contributed by atoms with Crippen LogP contribution in [-0.2, 0) is 24.3 Å². The lowest BCUT2D eigenvalue weighted by Gasteiger charge is -2.12. The number of rotatable bonds is 6. The van der Waals surface area contributed by atoms with Gasteiger partial charge in [-0.15, -0.1) is 0 Å². The molecule has 0 aliphatic carbocycles. The first-order chi connectivity index (χ1) is 11.0. The molecule has 3 N–H and O–H groups in total. The van der Waals surface area contributed by atoms with Crippen LogP contribution in [0.4, 0.5) is 5.95 Å². The standard InChI is InChI=1S/C16H20N4O3/c1-3-12-8-15(22)20(16(17)19-12)10-14(21)18-9-11-6-4-5-7-13(11)23-2/h4-8H,3,9-10H2,1-2H3,(H2,17,19)(H,18,21). The first-order valence-electron chi connectivity index (χ1n) is 7.30. The average Bonchev–Trinajstić information content (AvgIpc) is 2.56. The van der Waals surface area contributed by atoms with Crippen LogP contribution in [0.5, 0.6) is 5.75 Å². The summed E-state index contributed by atoms with van der Waals surface area (Å²) in [5.41, 5.74) is 6.88. The molecular weight excluding hydrogens is 296 g/mol. The summed E-state index contributed by atoms with van der Waals surface area (Å²) in [6, 6.07) is 8.78. The Kier molecular flexibility index (Phi) is 5.35. The zero-order chi connectivity index (χ0) is 16.8. The lowest BCUT2D eigenvalue weighted by Crippen LogP contribution is -2.33. The Morgan fingerprint density at radius 3 is 2.78 bits per heavy atom. The number of amides is 1. The smallest absolute Gasteiger partial charge is 0.255 e. The Bertz CT molecular complexity index is 755. The zero-order valence-electron chi connectivity index (χ0n) is 13.2. The molecule has 2 rings (SSSR count). The Morgan fingerprint density at radius 1 is 1.39 bits per heavy atom. The molecule has 7 heteroatoms. The molecule has 1 aromatic carbocycles. The third kappa shape index (κ3) is 4.09. The molecule has 0 spiro atoms. The van der Waals surface area contributed by atoms with Gasteiger partial charge in [-0.25, -0.2) is 4.98 Å². The van der Waals surface area contributed by atoms with E-state index in [9.17, 15) is 9.59 Å². The van der Waals surface area contributed by atoms with Gasteiger partial charge in [-0.05, 0) is 12.5 Å². The molecule has 0 aliphatic heterocycles.